The van der Waals surface area contributed by atoms with Gasteiger partial charge in [0.15, 0.2) is 0 Å². The SMILES string of the molecule is C=C(NN1[B]CCC1)/C(=C(\C)N=CC)c1ccc(CCC(C)C)c(C#N)c1. The second-order valence-electron chi connectivity index (χ2n) is 7.37. The van der Waals surface area contributed by atoms with Crippen LogP contribution in [0.15, 0.2) is 41.2 Å². The van der Waals surface area contributed by atoms with Crippen LogP contribution in [0.2, 0.25) is 6.32 Å². The first kappa shape index (κ1) is 21.0. The molecule has 0 saturated carbocycles. The molecule has 1 saturated heterocycles. The van der Waals surface area contributed by atoms with Gasteiger partial charge in [-0.3, -0.25) is 9.91 Å². The van der Waals surface area contributed by atoms with E-state index in [4.69, 9.17) is 0 Å². The van der Waals surface area contributed by atoms with Crippen LogP contribution in [0, 0.1) is 17.2 Å². The van der Waals surface area contributed by atoms with Crippen LogP contribution in [0.5, 0.6) is 0 Å². The number of nitrogens with one attached hydrogen (secondary N) is 1. The molecular formula is C22H30BN4. The lowest BCUT2D eigenvalue weighted by molar-refractivity contribution is 0.401. The van der Waals surface area contributed by atoms with Crippen molar-refractivity contribution in [2.45, 2.75) is 53.3 Å². The van der Waals surface area contributed by atoms with Gasteiger partial charge in [-0.05, 0) is 56.2 Å². The summed E-state index contributed by atoms with van der Waals surface area (Å²) in [5.74, 6) is 0.619. The quantitative estimate of drug-likeness (QED) is 0.414. The van der Waals surface area contributed by atoms with E-state index in [2.05, 4.69) is 61.4 Å². The summed E-state index contributed by atoms with van der Waals surface area (Å²) in [6.07, 6.45) is 6.01. The summed E-state index contributed by atoms with van der Waals surface area (Å²) < 4.78 is 0. The molecule has 1 heterocycles. The summed E-state index contributed by atoms with van der Waals surface area (Å²) in [4.78, 5) is 6.55. The van der Waals surface area contributed by atoms with Crippen molar-refractivity contribution in [3.05, 3.63) is 52.9 Å². The molecule has 1 N–H and O–H groups in total. The molecule has 1 radical (unpaired) electrons. The molecule has 141 valence electrons. The summed E-state index contributed by atoms with van der Waals surface area (Å²) in [6, 6.07) is 8.50. The van der Waals surface area contributed by atoms with E-state index in [1.807, 2.05) is 19.9 Å². The summed E-state index contributed by atoms with van der Waals surface area (Å²) in [5.41, 5.74) is 8.82. The van der Waals surface area contributed by atoms with Gasteiger partial charge in [0.25, 0.3) is 0 Å². The number of nitrogens with zero attached hydrogens (tertiary/aromatic N) is 3. The van der Waals surface area contributed by atoms with Crippen LogP contribution in [0.4, 0.5) is 0 Å². The maximum Gasteiger partial charge on any atom is 0.237 e. The fourth-order valence-electron chi connectivity index (χ4n) is 3.29. The minimum absolute atomic E-state index is 0.619. The van der Waals surface area contributed by atoms with Gasteiger partial charge in [0.05, 0.1) is 17.3 Å². The topological polar surface area (TPSA) is 51.4 Å². The Balaban J connectivity index is 2.36. The van der Waals surface area contributed by atoms with Gasteiger partial charge >= 0.3 is 0 Å². The Morgan fingerprint density at radius 3 is 2.85 bits per heavy atom. The summed E-state index contributed by atoms with van der Waals surface area (Å²) >= 11 is 0. The van der Waals surface area contributed by atoms with E-state index in [9.17, 15) is 5.26 Å². The fourth-order valence-corrected chi connectivity index (χ4v) is 3.29. The molecule has 0 atom stereocenters. The Morgan fingerprint density at radius 1 is 1.48 bits per heavy atom. The molecule has 0 bridgehead atoms. The number of benzene rings is 1. The first-order valence-corrected chi connectivity index (χ1v) is 9.75. The van der Waals surface area contributed by atoms with Gasteiger partial charge in [-0.1, -0.05) is 38.9 Å². The first-order chi connectivity index (χ1) is 13.0. The molecule has 4 nitrogen and oxygen atoms in total. The van der Waals surface area contributed by atoms with E-state index in [1.165, 1.54) is 0 Å². The lowest BCUT2D eigenvalue weighted by Gasteiger charge is -2.23. The molecule has 0 aliphatic carbocycles. The van der Waals surface area contributed by atoms with Crippen molar-refractivity contribution in [2.75, 3.05) is 6.54 Å². The third-order valence-electron chi connectivity index (χ3n) is 4.73. The van der Waals surface area contributed by atoms with Crippen LogP contribution in [0.1, 0.15) is 57.2 Å². The van der Waals surface area contributed by atoms with E-state index >= 15 is 0 Å². The van der Waals surface area contributed by atoms with Crippen molar-refractivity contribution in [3.63, 3.8) is 0 Å². The number of aliphatic imine (C=N–C) groups is 1. The van der Waals surface area contributed by atoms with Gasteiger partial charge < -0.3 is 5.43 Å². The summed E-state index contributed by atoms with van der Waals surface area (Å²) in [5, 5.41) is 9.65. The number of hydrazine groups is 1. The van der Waals surface area contributed by atoms with E-state index in [0.29, 0.717) is 5.92 Å². The van der Waals surface area contributed by atoms with Crippen LogP contribution < -0.4 is 5.43 Å². The van der Waals surface area contributed by atoms with Crippen molar-refractivity contribution >= 4 is 19.2 Å². The van der Waals surface area contributed by atoms with Gasteiger partial charge in [-0.25, -0.2) is 0 Å². The number of allylic oxidation sites excluding steroid dienone is 2. The van der Waals surface area contributed by atoms with Gasteiger partial charge in [-0.2, -0.15) is 5.26 Å². The van der Waals surface area contributed by atoms with Crippen LogP contribution in [0.25, 0.3) is 5.57 Å². The van der Waals surface area contributed by atoms with Crippen LogP contribution in [0.3, 0.4) is 0 Å². The number of hydrogen-bond donors (Lipinski definition) is 1. The molecule has 1 aromatic carbocycles. The van der Waals surface area contributed by atoms with Crippen LogP contribution >= 0.6 is 0 Å². The zero-order valence-electron chi connectivity index (χ0n) is 17.0. The van der Waals surface area contributed by atoms with Crippen molar-refractivity contribution in [1.29, 1.82) is 5.26 Å². The molecule has 0 unspecified atom stereocenters. The van der Waals surface area contributed by atoms with Crippen LogP contribution in [-0.2, 0) is 6.42 Å². The second-order valence-corrected chi connectivity index (χ2v) is 7.37. The molecule has 1 fully saturated rings. The van der Waals surface area contributed by atoms with E-state index in [-0.39, 0.29) is 0 Å². The van der Waals surface area contributed by atoms with Gasteiger partial charge in [0.1, 0.15) is 0 Å². The largest absolute Gasteiger partial charge is 0.330 e. The molecule has 1 aliphatic heterocycles. The predicted octanol–water partition coefficient (Wildman–Crippen LogP) is 4.73. The molecule has 27 heavy (non-hydrogen) atoms. The Kier molecular flexibility index (Phi) is 7.88. The predicted molar refractivity (Wildman–Crippen MR) is 115 cm³/mol. The molecule has 0 aromatic heterocycles. The van der Waals surface area contributed by atoms with Gasteiger partial charge in [0, 0.05) is 24.0 Å². The Hall–Kier alpha value is -2.32. The molecular weight excluding hydrogens is 331 g/mol. The average molecular weight is 361 g/mol. The van der Waals surface area contributed by atoms with Crippen molar-refractivity contribution < 1.29 is 0 Å². The fraction of sp³-hybridized carbons (Fsp3) is 0.455. The van der Waals surface area contributed by atoms with Crippen molar-refractivity contribution in [3.8, 4) is 6.07 Å². The average Bonchev–Trinajstić information content (AvgIpc) is 3.13. The number of nitriles is 1. The molecule has 2 rings (SSSR count). The zero-order chi connectivity index (χ0) is 19.8. The minimum Gasteiger partial charge on any atom is -0.330 e. The van der Waals surface area contributed by atoms with Gasteiger partial charge in [-0.15, -0.1) is 0 Å². The lowest BCUT2D eigenvalue weighted by Crippen LogP contribution is -2.36. The molecule has 0 amide bonds. The number of aryl methyl sites for hydroxylation is 1. The normalized spacial score (nSPS) is 15.6. The van der Waals surface area contributed by atoms with Crippen LogP contribution in [-0.4, -0.2) is 25.1 Å². The number of hydrogen-bond acceptors (Lipinski definition) is 4. The third kappa shape index (κ3) is 5.84. The zero-order valence-corrected chi connectivity index (χ0v) is 17.0. The van der Waals surface area contributed by atoms with Gasteiger partial charge in [0.2, 0.25) is 7.41 Å². The molecule has 1 aromatic rings. The maximum atomic E-state index is 9.65. The molecule has 0 spiro atoms. The Labute approximate surface area is 164 Å². The highest BCUT2D eigenvalue weighted by atomic mass is 15.5. The van der Waals surface area contributed by atoms with E-state index < -0.39 is 0 Å². The minimum atomic E-state index is 0.619. The third-order valence-corrected chi connectivity index (χ3v) is 4.73. The summed E-state index contributed by atoms with van der Waals surface area (Å²) in [7, 11) is 2.15. The highest BCUT2D eigenvalue weighted by Crippen LogP contribution is 2.28. The monoisotopic (exact) mass is 361 g/mol. The lowest BCUT2D eigenvalue weighted by atomic mass is 9.92. The maximum absolute atomic E-state index is 9.65. The molecule has 5 heteroatoms. The smallest absolute Gasteiger partial charge is 0.237 e. The molecule has 1 aliphatic rings. The highest BCUT2D eigenvalue weighted by Gasteiger charge is 2.18. The Bertz CT molecular complexity index is 765. The first-order valence-electron chi connectivity index (χ1n) is 9.75. The van der Waals surface area contributed by atoms with E-state index in [0.717, 1.165) is 65.8 Å². The number of rotatable bonds is 8. The standard InChI is InChI=1S/C22H30BN4/c1-6-25-17(4)22(18(5)26-27-13-7-12-23-27)20-11-10-19(9-8-16(2)3)21(14-20)15-24/h6,10-11,14,16,26H,5,7-9,12-13H2,1-4H3/b22-17-,25-6?. The second kappa shape index (κ2) is 10.1. The van der Waals surface area contributed by atoms with Crippen molar-refractivity contribution in [2.24, 2.45) is 10.9 Å². The summed E-state index contributed by atoms with van der Waals surface area (Å²) in [6.45, 7) is 13.5. The van der Waals surface area contributed by atoms with E-state index in [1.54, 1.807) is 6.21 Å². The van der Waals surface area contributed by atoms with Crippen molar-refractivity contribution in [1.82, 2.24) is 10.3 Å². The highest BCUT2D eigenvalue weighted by molar-refractivity contribution is 6.32. The Morgan fingerprint density at radius 2 is 2.26 bits per heavy atom.